The fraction of sp³-hybridized carbons (Fsp3) is 0.500. The van der Waals surface area contributed by atoms with Crippen LogP contribution < -0.4 is 10.1 Å². The molecule has 0 bridgehead atoms. The summed E-state index contributed by atoms with van der Waals surface area (Å²) in [6.07, 6.45) is 0. The normalized spacial score (nSPS) is 11.2. The topological polar surface area (TPSA) is 52.0 Å². The Bertz CT molecular complexity index is 631. The third kappa shape index (κ3) is 3.82. The summed E-state index contributed by atoms with van der Waals surface area (Å²) in [6, 6.07) is 4.50. The van der Waals surface area contributed by atoms with Gasteiger partial charge in [0.1, 0.15) is 5.69 Å². The van der Waals surface area contributed by atoms with Crippen LogP contribution in [0.3, 0.4) is 0 Å². The van der Waals surface area contributed by atoms with E-state index in [0.717, 1.165) is 29.4 Å². The summed E-state index contributed by atoms with van der Waals surface area (Å²) >= 11 is 0. The minimum absolute atomic E-state index is 0.450. The molecule has 0 aromatic carbocycles. The largest absolute Gasteiger partial charge is 0.435 e. The molecule has 0 aliphatic heterocycles. The predicted molar refractivity (Wildman–Crippen MR) is 83.7 cm³/mol. The lowest BCUT2D eigenvalue weighted by Gasteiger charge is -2.11. The number of rotatable bonds is 5. The molecule has 0 saturated carbocycles. The number of nitrogens with zero attached hydrogens (tertiary/aromatic N) is 3. The van der Waals surface area contributed by atoms with Gasteiger partial charge in [-0.1, -0.05) is 13.8 Å². The molecule has 0 spiro atoms. The Morgan fingerprint density at radius 1 is 1.24 bits per heavy atom. The van der Waals surface area contributed by atoms with Crippen molar-refractivity contribution in [3.05, 3.63) is 34.8 Å². The molecule has 0 aliphatic carbocycles. The minimum Gasteiger partial charge on any atom is -0.435 e. The van der Waals surface area contributed by atoms with E-state index >= 15 is 0 Å². The summed E-state index contributed by atoms with van der Waals surface area (Å²) in [4.78, 5) is 4.46. The molecule has 21 heavy (non-hydrogen) atoms. The van der Waals surface area contributed by atoms with E-state index < -0.39 is 0 Å². The zero-order valence-corrected chi connectivity index (χ0v) is 13.7. The smallest absolute Gasteiger partial charge is 0.219 e. The summed E-state index contributed by atoms with van der Waals surface area (Å²) in [5.74, 6) is 1.41. The van der Waals surface area contributed by atoms with Gasteiger partial charge in [0.05, 0.1) is 5.69 Å². The molecule has 2 aromatic rings. The molecule has 2 heterocycles. The number of pyridine rings is 1. The number of hydrogen-bond donors (Lipinski definition) is 1. The lowest BCUT2D eigenvalue weighted by atomic mass is 10.2. The van der Waals surface area contributed by atoms with E-state index in [1.165, 1.54) is 5.56 Å². The van der Waals surface area contributed by atoms with E-state index in [4.69, 9.17) is 4.74 Å². The number of aromatic nitrogens is 3. The minimum atomic E-state index is 0.450. The Balaban J connectivity index is 2.23. The van der Waals surface area contributed by atoms with Crippen LogP contribution in [0.15, 0.2) is 12.1 Å². The highest BCUT2D eigenvalue weighted by atomic mass is 16.5. The summed E-state index contributed by atoms with van der Waals surface area (Å²) < 4.78 is 7.79. The van der Waals surface area contributed by atoms with Gasteiger partial charge in [-0.15, -0.1) is 0 Å². The first-order valence-electron chi connectivity index (χ1n) is 7.26. The second-order valence-electron chi connectivity index (χ2n) is 5.72. The zero-order chi connectivity index (χ0) is 15.6. The van der Waals surface area contributed by atoms with Crippen molar-refractivity contribution in [3.63, 3.8) is 0 Å². The van der Waals surface area contributed by atoms with E-state index in [-0.39, 0.29) is 0 Å². The SMILES string of the molecule is Cc1cc(CNC(C)C)cc(Oc2c(C)nn(C)c2C)n1. The molecule has 2 rings (SSSR count). The predicted octanol–water partition coefficient (Wildman–Crippen LogP) is 3.03. The Labute approximate surface area is 126 Å². The van der Waals surface area contributed by atoms with Gasteiger partial charge in [0.25, 0.3) is 0 Å². The molecule has 2 aromatic heterocycles. The maximum atomic E-state index is 5.97. The molecule has 0 aliphatic rings. The fourth-order valence-corrected chi connectivity index (χ4v) is 2.19. The molecule has 0 saturated heterocycles. The average molecular weight is 288 g/mol. The van der Waals surface area contributed by atoms with Gasteiger partial charge in [0, 0.05) is 31.4 Å². The molecular formula is C16H24N4O. The van der Waals surface area contributed by atoms with E-state index in [1.54, 1.807) is 0 Å². The van der Waals surface area contributed by atoms with Crippen LogP contribution in [0.5, 0.6) is 11.6 Å². The average Bonchev–Trinajstić information content (AvgIpc) is 2.62. The van der Waals surface area contributed by atoms with Crippen molar-refractivity contribution in [3.8, 4) is 11.6 Å². The number of hydrogen-bond acceptors (Lipinski definition) is 4. The highest BCUT2D eigenvalue weighted by molar-refractivity contribution is 5.36. The Morgan fingerprint density at radius 2 is 1.95 bits per heavy atom. The van der Waals surface area contributed by atoms with E-state index in [1.807, 2.05) is 38.6 Å². The van der Waals surface area contributed by atoms with Crippen LogP contribution in [0.2, 0.25) is 0 Å². The van der Waals surface area contributed by atoms with Gasteiger partial charge in [-0.2, -0.15) is 5.10 Å². The van der Waals surface area contributed by atoms with Crippen LogP contribution in [0.25, 0.3) is 0 Å². The molecule has 0 amide bonds. The standard InChI is InChI=1S/C16H24N4O/c1-10(2)17-9-14-7-11(3)18-15(8-14)21-16-12(4)19-20(6)13(16)5/h7-8,10,17H,9H2,1-6H3. The first kappa shape index (κ1) is 15.5. The van der Waals surface area contributed by atoms with Crippen molar-refractivity contribution >= 4 is 0 Å². The van der Waals surface area contributed by atoms with Crippen molar-refractivity contribution in [1.82, 2.24) is 20.1 Å². The molecule has 1 N–H and O–H groups in total. The first-order chi connectivity index (χ1) is 9.86. The van der Waals surface area contributed by atoms with Crippen LogP contribution in [0.1, 0.15) is 36.5 Å². The summed E-state index contributed by atoms with van der Waals surface area (Å²) in [7, 11) is 1.91. The Hall–Kier alpha value is -1.88. The van der Waals surface area contributed by atoms with Crippen molar-refractivity contribution in [2.75, 3.05) is 0 Å². The summed E-state index contributed by atoms with van der Waals surface area (Å²) in [6.45, 7) is 11.0. The van der Waals surface area contributed by atoms with Crippen LogP contribution >= 0.6 is 0 Å². The Morgan fingerprint density at radius 3 is 2.52 bits per heavy atom. The second kappa shape index (κ2) is 6.26. The molecule has 5 nitrogen and oxygen atoms in total. The van der Waals surface area contributed by atoms with E-state index in [0.29, 0.717) is 11.9 Å². The van der Waals surface area contributed by atoms with Crippen LogP contribution in [-0.4, -0.2) is 20.8 Å². The first-order valence-corrected chi connectivity index (χ1v) is 7.26. The highest BCUT2D eigenvalue weighted by Crippen LogP contribution is 2.27. The van der Waals surface area contributed by atoms with Gasteiger partial charge in [-0.3, -0.25) is 4.68 Å². The van der Waals surface area contributed by atoms with Gasteiger partial charge in [0.2, 0.25) is 5.88 Å². The third-order valence-corrected chi connectivity index (χ3v) is 3.35. The zero-order valence-electron chi connectivity index (χ0n) is 13.7. The van der Waals surface area contributed by atoms with Crippen molar-refractivity contribution in [1.29, 1.82) is 0 Å². The number of ether oxygens (including phenoxy) is 1. The molecule has 0 fully saturated rings. The lowest BCUT2D eigenvalue weighted by Crippen LogP contribution is -2.21. The van der Waals surface area contributed by atoms with Gasteiger partial charge < -0.3 is 10.1 Å². The van der Waals surface area contributed by atoms with Gasteiger partial charge in [-0.05, 0) is 32.4 Å². The van der Waals surface area contributed by atoms with E-state index in [9.17, 15) is 0 Å². The van der Waals surface area contributed by atoms with Gasteiger partial charge in [0.15, 0.2) is 5.75 Å². The van der Waals surface area contributed by atoms with Gasteiger partial charge in [-0.25, -0.2) is 4.98 Å². The Kier molecular flexibility index (Phi) is 4.63. The van der Waals surface area contributed by atoms with Crippen molar-refractivity contribution in [2.45, 2.75) is 47.2 Å². The van der Waals surface area contributed by atoms with Crippen LogP contribution in [-0.2, 0) is 13.6 Å². The fourth-order valence-electron chi connectivity index (χ4n) is 2.19. The molecule has 114 valence electrons. The van der Waals surface area contributed by atoms with Crippen molar-refractivity contribution in [2.24, 2.45) is 7.05 Å². The molecule has 0 unspecified atom stereocenters. The van der Waals surface area contributed by atoms with Crippen LogP contribution in [0.4, 0.5) is 0 Å². The third-order valence-electron chi connectivity index (χ3n) is 3.35. The number of nitrogens with one attached hydrogen (secondary N) is 1. The quantitative estimate of drug-likeness (QED) is 0.919. The summed E-state index contributed by atoms with van der Waals surface area (Å²) in [5, 5.41) is 7.77. The summed E-state index contributed by atoms with van der Waals surface area (Å²) in [5.41, 5.74) is 4.00. The monoisotopic (exact) mass is 288 g/mol. The van der Waals surface area contributed by atoms with Crippen LogP contribution in [0, 0.1) is 20.8 Å². The van der Waals surface area contributed by atoms with Crippen molar-refractivity contribution < 1.29 is 4.74 Å². The highest BCUT2D eigenvalue weighted by Gasteiger charge is 2.13. The van der Waals surface area contributed by atoms with Gasteiger partial charge >= 0.3 is 0 Å². The maximum absolute atomic E-state index is 5.97. The second-order valence-corrected chi connectivity index (χ2v) is 5.72. The molecule has 0 atom stereocenters. The van der Waals surface area contributed by atoms with E-state index in [2.05, 4.69) is 35.3 Å². The number of aryl methyl sites for hydroxylation is 3. The molecular weight excluding hydrogens is 264 g/mol. The maximum Gasteiger partial charge on any atom is 0.219 e. The molecule has 5 heteroatoms. The lowest BCUT2D eigenvalue weighted by molar-refractivity contribution is 0.452. The molecule has 0 radical (unpaired) electrons.